The van der Waals surface area contributed by atoms with E-state index in [1.54, 1.807) is 4.57 Å². The fourth-order valence-electron chi connectivity index (χ4n) is 7.85. The highest BCUT2D eigenvalue weighted by molar-refractivity contribution is 6.31. The van der Waals surface area contributed by atoms with E-state index in [2.05, 4.69) is 24.7 Å². The number of hydrogen-bond acceptors (Lipinski definition) is 4. The molecule has 7 rings (SSSR count). The molecule has 1 saturated carbocycles. The van der Waals surface area contributed by atoms with Crippen LogP contribution in [-0.2, 0) is 6.54 Å². The van der Waals surface area contributed by atoms with E-state index in [9.17, 15) is 14.4 Å². The van der Waals surface area contributed by atoms with Gasteiger partial charge >= 0.3 is 17.4 Å². The number of aromatic nitrogens is 4. The molecule has 2 N–H and O–H groups in total. The molecule has 4 aromatic rings. The zero-order valence-electron chi connectivity index (χ0n) is 24.5. The number of nitrogens with zero attached hydrogens (tertiary/aromatic N) is 5. The summed E-state index contributed by atoms with van der Waals surface area (Å²) in [4.78, 5) is 51.5. The number of likely N-dealkylation sites (tertiary alicyclic amines) is 1. The van der Waals surface area contributed by atoms with Gasteiger partial charge in [0.05, 0.1) is 34.2 Å². The highest BCUT2D eigenvalue weighted by Gasteiger charge is 2.45. The van der Waals surface area contributed by atoms with Gasteiger partial charge in [0.25, 0.3) is 0 Å². The molecule has 2 aromatic heterocycles. The minimum Gasteiger partial charge on any atom is -0.320 e. The third-order valence-electron chi connectivity index (χ3n) is 9.92. The zero-order valence-corrected chi connectivity index (χ0v) is 25.3. The molecule has 4 heterocycles. The molecule has 2 amide bonds. The van der Waals surface area contributed by atoms with Crippen LogP contribution in [0.1, 0.15) is 57.4 Å². The topological polar surface area (TPSA) is 102 Å². The summed E-state index contributed by atoms with van der Waals surface area (Å²) in [5.41, 5.74) is 3.32. The van der Waals surface area contributed by atoms with Crippen LogP contribution in [-0.4, -0.2) is 84.6 Å². The zero-order chi connectivity index (χ0) is 29.5. The number of carbonyl (C=O) groups is 1. The highest BCUT2D eigenvalue weighted by Crippen LogP contribution is 2.34. The Balaban J connectivity index is 0.928. The van der Waals surface area contributed by atoms with E-state index in [4.69, 9.17) is 11.6 Å². The number of H-pyrrole nitrogens is 2. The van der Waals surface area contributed by atoms with Gasteiger partial charge in [0, 0.05) is 43.8 Å². The van der Waals surface area contributed by atoms with Crippen molar-refractivity contribution in [3.05, 3.63) is 68.5 Å². The monoisotopic (exact) mass is 605 g/mol. The van der Waals surface area contributed by atoms with Crippen molar-refractivity contribution in [2.45, 2.75) is 76.0 Å². The number of imidazole rings is 2. The summed E-state index contributed by atoms with van der Waals surface area (Å²) in [5.74, 6) is 0. The average molecular weight is 606 g/mol. The Morgan fingerprint density at radius 2 is 1.40 bits per heavy atom. The lowest BCUT2D eigenvalue weighted by Gasteiger charge is -2.34. The maximum atomic E-state index is 13.7. The molecule has 2 aromatic carbocycles. The second kappa shape index (κ2) is 11.9. The summed E-state index contributed by atoms with van der Waals surface area (Å²) < 4.78 is 3.69. The van der Waals surface area contributed by atoms with Crippen LogP contribution in [0, 0.1) is 0 Å². The van der Waals surface area contributed by atoms with Crippen LogP contribution in [0.3, 0.4) is 0 Å². The third kappa shape index (κ3) is 5.40. The molecule has 3 fully saturated rings. The van der Waals surface area contributed by atoms with Crippen LogP contribution in [0.25, 0.3) is 22.1 Å². The van der Waals surface area contributed by atoms with Gasteiger partial charge in [0.2, 0.25) is 0 Å². The Hall–Kier alpha value is -3.50. The third-order valence-corrected chi connectivity index (χ3v) is 10.2. The van der Waals surface area contributed by atoms with E-state index in [-0.39, 0.29) is 29.5 Å². The molecule has 11 heteroatoms. The number of halogens is 1. The number of rotatable bonds is 9. The number of nitrogens with one attached hydrogen (secondary N) is 2. The number of urea groups is 1. The van der Waals surface area contributed by atoms with Crippen molar-refractivity contribution in [1.29, 1.82) is 0 Å². The molecule has 228 valence electrons. The molecular formula is C32H40ClN7O3. The van der Waals surface area contributed by atoms with Crippen molar-refractivity contribution in [3.8, 4) is 0 Å². The number of para-hydroxylation sites is 2. The van der Waals surface area contributed by atoms with E-state index >= 15 is 0 Å². The summed E-state index contributed by atoms with van der Waals surface area (Å²) in [5, 5.41) is 0.622. The van der Waals surface area contributed by atoms with Gasteiger partial charge in [0.1, 0.15) is 0 Å². The molecule has 0 bridgehead atoms. The Bertz CT molecular complexity index is 1730. The van der Waals surface area contributed by atoms with Crippen LogP contribution in [0.2, 0.25) is 5.02 Å². The lowest BCUT2D eigenvalue weighted by molar-refractivity contribution is 0.163. The van der Waals surface area contributed by atoms with Gasteiger partial charge in [-0.2, -0.15) is 0 Å². The first-order valence-electron chi connectivity index (χ1n) is 15.8. The predicted molar refractivity (Wildman–Crippen MR) is 169 cm³/mol. The van der Waals surface area contributed by atoms with Gasteiger partial charge in [-0.05, 0) is 75.4 Å². The van der Waals surface area contributed by atoms with Crippen molar-refractivity contribution >= 4 is 39.7 Å². The molecule has 0 radical (unpaired) electrons. The number of aryl methyl sites for hydroxylation is 1. The van der Waals surface area contributed by atoms with Gasteiger partial charge in [-0.1, -0.05) is 36.6 Å². The Morgan fingerprint density at radius 1 is 0.721 bits per heavy atom. The number of fused-ring (bicyclic) bond motifs is 3. The minimum atomic E-state index is -0.0893. The summed E-state index contributed by atoms with van der Waals surface area (Å²) in [6.07, 6.45) is 8.04. The number of benzene rings is 2. The van der Waals surface area contributed by atoms with Crippen LogP contribution >= 0.6 is 11.6 Å². The van der Waals surface area contributed by atoms with Crippen molar-refractivity contribution in [2.75, 3.05) is 32.7 Å². The first-order valence-corrected chi connectivity index (χ1v) is 16.2. The lowest BCUT2D eigenvalue weighted by atomic mass is 9.90. The normalized spacial score (nSPS) is 21.8. The van der Waals surface area contributed by atoms with E-state index < -0.39 is 0 Å². The van der Waals surface area contributed by atoms with Crippen LogP contribution < -0.4 is 11.4 Å². The molecular weight excluding hydrogens is 566 g/mol. The molecule has 2 unspecified atom stereocenters. The standard InChI is InChI=1S/C32H40ClN7O3/c33-22-11-12-27-25(21-22)35-31(42)40(27)23-13-19-36(20-14-23)15-5-17-38-28-9-3-4-10-29(28)39(32(38)43)18-6-16-37-26-8-2-1-7-24(26)34-30(37)41/h1-2,7-8,11-12,21,23,28-29H,3-6,9-10,13-20H2,(H,34,41)(H,35,42). The smallest absolute Gasteiger partial charge is 0.320 e. The Kier molecular flexibility index (Phi) is 7.82. The van der Waals surface area contributed by atoms with E-state index in [1.165, 1.54) is 12.8 Å². The van der Waals surface area contributed by atoms with Gasteiger partial charge in [-0.3, -0.25) is 9.13 Å². The van der Waals surface area contributed by atoms with E-state index in [0.29, 0.717) is 24.2 Å². The average Bonchev–Trinajstić information content (AvgIpc) is 3.61. The van der Waals surface area contributed by atoms with Crippen LogP contribution in [0.5, 0.6) is 0 Å². The predicted octanol–water partition coefficient (Wildman–Crippen LogP) is 4.79. The van der Waals surface area contributed by atoms with E-state index in [0.717, 1.165) is 86.8 Å². The fraction of sp³-hybridized carbons (Fsp3) is 0.531. The first kappa shape index (κ1) is 28.3. The maximum absolute atomic E-state index is 13.7. The summed E-state index contributed by atoms with van der Waals surface area (Å²) in [7, 11) is 0. The second-order valence-corrected chi connectivity index (χ2v) is 12.9. The minimum absolute atomic E-state index is 0.0663. The van der Waals surface area contributed by atoms with Crippen LogP contribution in [0.15, 0.2) is 52.1 Å². The fourth-order valence-corrected chi connectivity index (χ4v) is 8.02. The number of hydrogen-bond donors (Lipinski definition) is 2. The van der Waals surface area contributed by atoms with Gasteiger partial charge in [-0.15, -0.1) is 0 Å². The number of carbonyl (C=O) groups excluding carboxylic acids is 1. The second-order valence-electron chi connectivity index (χ2n) is 12.4. The number of piperidine rings is 1. The molecule has 3 aliphatic rings. The quantitative estimate of drug-likeness (QED) is 0.286. The number of aromatic amines is 2. The summed E-state index contributed by atoms with van der Waals surface area (Å²) in [6.45, 7) is 4.89. The number of amides is 2. The Labute approximate surface area is 255 Å². The van der Waals surface area contributed by atoms with Crippen LogP contribution in [0.4, 0.5) is 4.79 Å². The van der Waals surface area contributed by atoms with E-state index in [1.807, 2.05) is 47.0 Å². The van der Waals surface area contributed by atoms with Crippen molar-refractivity contribution in [2.24, 2.45) is 0 Å². The van der Waals surface area contributed by atoms with Crippen molar-refractivity contribution in [3.63, 3.8) is 0 Å². The largest absolute Gasteiger partial charge is 0.326 e. The van der Waals surface area contributed by atoms with Crippen molar-refractivity contribution in [1.82, 2.24) is 33.8 Å². The molecule has 43 heavy (non-hydrogen) atoms. The molecule has 1 aliphatic carbocycles. The van der Waals surface area contributed by atoms with Gasteiger partial charge < -0.3 is 24.7 Å². The van der Waals surface area contributed by atoms with Crippen molar-refractivity contribution < 1.29 is 4.79 Å². The molecule has 2 aliphatic heterocycles. The highest BCUT2D eigenvalue weighted by atomic mass is 35.5. The maximum Gasteiger partial charge on any atom is 0.326 e. The molecule has 2 saturated heterocycles. The summed E-state index contributed by atoms with van der Waals surface area (Å²) >= 11 is 6.12. The van der Waals surface area contributed by atoms with Gasteiger partial charge in [0.15, 0.2) is 0 Å². The molecule has 10 nitrogen and oxygen atoms in total. The summed E-state index contributed by atoms with van der Waals surface area (Å²) in [6, 6.07) is 14.3. The SMILES string of the molecule is O=C1N(CCCN2CCC(n3c(=O)[nH]c4cc(Cl)ccc43)CC2)C2CCCCC2N1CCCn1c(=O)[nH]c2ccccc21. The lowest BCUT2D eigenvalue weighted by Crippen LogP contribution is -2.41. The molecule has 0 spiro atoms. The van der Waals surface area contributed by atoms with Gasteiger partial charge in [-0.25, -0.2) is 14.4 Å². The molecule has 2 atom stereocenters. The first-order chi connectivity index (χ1) is 21.0. The Morgan fingerprint density at radius 3 is 2.14 bits per heavy atom.